The molecule has 2 heterocycles. The van der Waals surface area contributed by atoms with Crippen molar-refractivity contribution >= 4 is 112 Å². The van der Waals surface area contributed by atoms with Gasteiger partial charge in [-0.25, -0.2) is 0 Å². The van der Waals surface area contributed by atoms with Crippen molar-refractivity contribution in [3.8, 4) is 27.6 Å². The van der Waals surface area contributed by atoms with Gasteiger partial charge >= 0.3 is 0 Å². The third-order valence-corrected chi connectivity index (χ3v) is 19.4. The van der Waals surface area contributed by atoms with E-state index >= 15 is 0 Å². The van der Waals surface area contributed by atoms with Gasteiger partial charge in [0.1, 0.15) is 0 Å². The van der Waals surface area contributed by atoms with Gasteiger partial charge in [0, 0.05) is 25.8 Å². The number of fused-ring (bicyclic) bond motifs is 13. The second-order valence-electron chi connectivity index (χ2n) is 17.5. The van der Waals surface area contributed by atoms with Crippen molar-refractivity contribution in [1.82, 2.24) is 0 Å². The fraction of sp³-hybridized carbons (Fsp3) is 0.0323. The highest BCUT2D eigenvalue weighted by atomic mass is 31.1. The van der Waals surface area contributed by atoms with Crippen molar-refractivity contribution in [3.05, 3.63) is 223 Å². The Morgan fingerprint density at radius 2 is 0.812 bits per heavy atom. The summed E-state index contributed by atoms with van der Waals surface area (Å²) in [5.74, 6) is 0. The molecule has 2 heteroatoms. The molecule has 0 aliphatic heterocycles. The van der Waals surface area contributed by atoms with Crippen LogP contribution in [0.2, 0.25) is 0 Å². The van der Waals surface area contributed by atoms with Gasteiger partial charge in [-0.15, -0.1) is 0 Å². The molecule has 0 fully saturated rings. The predicted molar refractivity (Wildman–Crippen MR) is 283 cm³/mol. The fourth-order valence-corrected chi connectivity index (χ4v) is 16.9. The zero-order valence-corrected chi connectivity index (χ0v) is 36.9. The van der Waals surface area contributed by atoms with E-state index < -0.39 is 15.1 Å². The Balaban J connectivity index is 0.985. The number of hydrogen-bond acceptors (Lipinski definition) is 0. The normalized spacial score (nSPS) is 13.5. The summed E-state index contributed by atoms with van der Waals surface area (Å²) in [5.41, 5.74) is 7.96. The molecule has 1 aliphatic carbocycles. The maximum absolute atomic E-state index is 2.51. The lowest BCUT2D eigenvalue weighted by molar-refractivity contribution is 1.02. The molecule has 1 aliphatic rings. The maximum atomic E-state index is 2.51. The van der Waals surface area contributed by atoms with E-state index in [1.54, 1.807) is 5.31 Å². The molecule has 2 unspecified atom stereocenters. The van der Waals surface area contributed by atoms with Crippen molar-refractivity contribution < 1.29 is 0 Å². The third kappa shape index (κ3) is 5.37. The summed E-state index contributed by atoms with van der Waals surface area (Å²) in [6, 6.07) is 80.9. The first-order chi connectivity index (χ1) is 31.7. The Labute approximate surface area is 373 Å². The molecule has 64 heavy (non-hydrogen) atoms. The first-order valence-electron chi connectivity index (χ1n) is 22.5. The molecule has 0 spiro atoms. The topological polar surface area (TPSA) is 0 Å². The van der Waals surface area contributed by atoms with Gasteiger partial charge in [-0.05, 0) is 165 Å². The highest BCUT2D eigenvalue weighted by molar-refractivity contribution is 7.71. The lowest BCUT2D eigenvalue weighted by Crippen LogP contribution is -1.95. The quantitative estimate of drug-likeness (QED) is 0.155. The summed E-state index contributed by atoms with van der Waals surface area (Å²) in [6.07, 6.45) is 4.74. The standard InChI is InChI=1S/C62H40P2/c1-2-16-41-34-45(31-28-39(41)14-1)63-58-25-11-9-21-49(58)55-35-42(29-32-60(55)63)53-37-44-38-54(48-20-6-8-24-52(48)62(44)51-23-7-5-19-47(51)53)43-30-33-61-56(36-43)50-22-10-12-26-59(50)64(61)57-27-13-17-40-15-3-4-18-46(40)57/h1-27,29-30,32-38H,28,31H2. The highest BCUT2D eigenvalue weighted by Gasteiger charge is 2.22. The lowest BCUT2D eigenvalue weighted by atomic mass is 9.87. The summed E-state index contributed by atoms with van der Waals surface area (Å²) in [4.78, 5) is 0. The molecular weight excluding hydrogens is 807 g/mol. The Bertz CT molecular complexity index is 4130. The van der Waals surface area contributed by atoms with E-state index in [0.29, 0.717) is 0 Å². The Morgan fingerprint density at radius 3 is 1.48 bits per heavy atom. The molecule has 0 saturated heterocycles. The minimum Gasteiger partial charge on any atom is -0.0814 e. The maximum Gasteiger partial charge on any atom is 0.00689 e. The number of benzene rings is 11. The van der Waals surface area contributed by atoms with Gasteiger partial charge in [0.15, 0.2) is 0 Å². The van der Waals surface area contributed by atoms with Crippen LogP contribution in [-0.2, 0) is 6.42 Å². The fourth-order valence-electron chi connectivity index (χ4n) is 11.3. The second kappa shape index (κ2) is 14.2. The molecular formula is C62H40P2. The highest BCUT2D eigenvalue weighted by Crippen LogP contribution is 2.59. The van der Waals surface area contributed by atoms with Crippen molar-refractivity contribution in [1.29, 1.82) is 0 Å². The van der Waals surface area contributed by atoms with E-state index in [0.717, 1.165) is 12.8 Å². The summed E-state index contributed by atoms with van der Waals surface area (Å²) in [6.45, 7) is 0. The van der Waals surface area contributed by atoms with Crippen molar-refractivity contribution in [2.75, 3.05) is 0 Å². The molecule has 2 aromatic heterocycles. The zero-order valence-electron chi connectivity index (χ0n) is 35.1. The largest absolute Gasteiger partial charge is 0.0814 e. The molecule has 13 aromatic rings. The van der Waals surface area contributed by atoms with Gasteiger partial charge in [0.2, 0.25) is 0 Å². The summed E-state index contributed by atoms with van der Waals surface area (Å²) in [5, 5.41) is 24.9. The van der Waals surface area contributed by atoms with E-state index in [2.05, 4.69) is 218 Å². The molecule has 0 N–H and O–H groups in total. The molecule has 0 amide bonds. The molecule has 0 bridgehead atoms. The van der Waals surface area contributed by atoms with Gasteiger partial charge in [0.25, 0.3) is 0 Å². The van der Waals surface area contributed by atoms with Crippen LogP contribution in [0.25, 0.3) is 124 Å². The Kier molecular flexibility index (Phi) is 8.03. The smallest absolute Gasteiger partial charge is 0.00689 e. The van der Waals surface area contributed by atoms with Gasteiger partial charge in [-0.3, -0.25) is 0 Å². The van der Waals surface area contributed by atoms with Crippen molar-refractivity contribution in [3.63, 3.8) is 0 Å². The number of rotatable bonds is 4. The predicted octanol–water partition coefficient (Wildman–Crippen LogP) is 19.2. The second-order valence-corrected chi connectivity index (χ2v) is 21.9. The van der Waals surface area contributed by atoms with E-state index in [1.807, 2.05) is 0 Å². The number of aryl methyl sites for hydroxylation is 1. The van der Waals surface area contributed by atoms with E-state index in [9.17, 15) is 0 Å². The van der Waals surface area contributed by atoms with Gasteiger partial charge in [-0.1, -0.05) is 185 Å². The molecule has 11 aromatic carbocycles. The molecule has 2 atom stereocenters. The van der Waals surface area contributed by atoms with Crippen molar-refractivity contribution in [2.24, 2.45) is 0 Å². The minimum atomic E-state index is -0.703. The van der Waals surface area contributed by atoms with Crippen LogP contribution in [0.5, 0.6) is 0 Å². The van der Waals surface area contributed by atoms with Crippen LogP contribution in [-0.4, -0.2) is 0 Å². The van der Waals surface area contributed by atoms with Crippen LogP contribution < -0.4 is 0 Å². The van der Waals surface area contributed by atoms with Crippen LogP contribution in [0, 0.1) is 0 Å². The SMILES string of the molecule is C1=C(p2c3ccccc3c3cc(-c4cc5cc(-c6ccc7c(c6)c6ccccc6p7-c6cccc7ccccc67)c6ccccc6c5c5ccccc45)ccc32)CCc2ccccc21. The Hall–Kier alpha value is -7.20. The Morgan fingerprint density at radius 1 is 0.312 bits per heavy atom. The first kappa shape index (κ1) is 36.3. The number of allylic oxidation sites excluding steroid dienone is 1. The molecule has 0 saturated carbocycles. The van der Waals surface area contributed by atoms with Crippen LogP contribution >= 0.6 is 15.1 Å². The van der Waals surface area contributed by atoms with Crippen molar-refractivity contribution in [2.45, 2.75) is 12.8 Å². The number of hydrogen-bond donors (Lipinski definition) is 0. The lowest BCUT2D eigenvalue weighted by Gasteiger charge is -2.18. The third-order valence-electron chi connectivity index (χ3n) is 14.2. The minimum absolute atomic E-state index is 0.594. The summed E-state index contributed by atoms with van der Waals surface area (Å²) < 4.78 is 0. The van der Waals surface area contributed by atoms with Crippen LogP contribution in [0.1, 0.15) is 17.5 Å². The van der Waals surface area contributed by atoms with Crippen LogP contribution in [0.3, 0.4) is 0 Å². The summed E-state index contributed by atoms with van der Waals surface area (Å²) >= 11 is 0. The van der Waals surface area contributed by atoms with Crippen LogP contribution in [0.15, 0.2) is 212 Å². The van der Waals surface area contributed by atoms with E-state index in [4.69, 9.17) is 0 Å². The van der Waals surface area contributed by atoms with E-state index in [-0.39, 0.29) is 0 Å². The van der Waals surface area contributed by atoms with Crippen LogP contribution in [0.4, 0.5) is 0 Å². The molecule has 0 nitrogen and oxygen atoms in total. The summed E-state index contributed by atoms with van der Waals surface area (Å²) in [7, 11) is -1.30. The average Bonchev–Trinajstić information content (AvgIpc) is 3.87. The average molecular weight is 847 g/mol. The van der Waals surface area contributed by atoms with Gasteiger partial charge in [-0.2, -0.15) is 0 Å². The first-order valence-corrected chi connectivity index (χ1v) is 25.1. The zero-order chi connectivity index (χ0) is 41.9. The van der Waals surface area contributed by atoms with E-state index in [1.165, 1.54) is 124 Å². The monoisotopic (exact) mass is 846 g/mol. The molecule has 14 rings (SSSR count). The van der Waals surface area contributed by atoms with Gasteiger partial charge < -0.3 is 0 Å². The molecule has 0 radical (unpaired) electrons. The molecule has 298 valence electrons. The van der Waals surface area contributed by atoms with Gasteiger partial charge in [0.05, 0.1) is 0 Å².